The number of nitro benzene ring substituents is 1. The van der Waals surface area contributed by atoms with Gasteiger partial charge in [0, 0.05) is 23.3 Å². The minimum Gasteiger partial charge on any atom is -0.453 e. The number of carbonyl (C=O) groups is 3. The summed E-state index contributed by atoms with van der Waals surface area (Å²) in [7, 11) is 0. The normalized spacial score (nSPS) is 15.1. The third-order valence-corrected chi connectivity index (χ3v) is 6.50. The first-order valence-electron chi connectivity index (χ1n) is 10.7. The standard InChI is InChI=1S/C25H15Cl2N5O6/c26-17-7-5-12(10-18(17)27)22(33)20(23-15-3-1-2-4-16(15)25(35)38-23)21(31-29)24(34)30-19-8-6-14(32(36)37)9-13(19)11-28/h1-10,20,23H,29H2,(H,30,34)/b31-21+/t20-,23+/m0/s1. The highest BCUT2D eigenvalue weighted by atomic mass is 35.5. The van der Waals surface area contributed by atoms with Crippen LogP contribution in [0.1, 0.15) is 37.9 Å². The number of ketones is 1. The van der Waals surface area contributed by atoms with E-state index >= 15 is 0 Å². The Balaban J connectivity index is 1.78. The molecule has 0 unspecified atom stereocenters. The van der Waals surface area contributed by atoms with Gasteiger partial charge in [0.25, 0.3) is 11.6 Å². The maximum Gasteiger partial charge on any atom is 0.339 e. The number of Topliss-reactive ketones (excluding diaryl/α,β-unsaturated/α-hetero) is 1. The summed E-state index contributed by atoms with van der Waals surface area (Å²) in [5.41, 5.74) is -0.636. The molecular formula is C25H15Cl2N5O6. The van der Waals surface area contributed by atoms with Crippen LogP contribution in [-0.4, -0.2) is 28.3 Å². The first-order chi connectivity index (χ1) is 18.2. The Morgan fingerprint density at radius 2 is 1.87 bits per heavy atom. The van der Waals surface area contributed by atoms with Crippen LogP contribution < -0.4 is 11.2 Å². The summed E-state index contributed by atoms with van der Waals surface area (Å²) < 4.78 is 5.50. The van der Waals surface area contributed by atoms with E-state index < -0.39 is 40.3 Å². The summed E-state index contributed by atoms with van der Waals surface area (Å²) in [5.74, 6) is 1.63. The Hall–Kier alpha value is -4.79. The lowest BCUT2D eigenvalue weighted by Gasteiger charge is -2.23. The minimum atomic E-state index is -1.53. The molecule has 3 aromatic rings. The van der Waals surface area contributed by atoms with Crippen LogP contribution in [0.25, 0.3) is 0 Å². The maximum atomic E-state index is 13.8. The number of hydrogen-bond donors (Lipinski definition) is 2. The zero-order chi connectivity index (χ0) is 27.6. The van der Waals surface area contributed by atoms with Crippen LogP contribution in [0.4, 0.5) is 11.4 Å². The molecule has 3 aromatic carbocycles. The molecule has 1 aliphatic rings. The van der Waals surface area contributed by atoms with Crippen molar-refractivity contribution in [2.45, 2.75) is 6.10 Å². The third-order valence-electron chi connectivity index (χ3n) is 5.76. The number of nitro groups is 1. The van der Waals surface area contributed by atoms with Gasteiger partial charge in [-0.25, -0.2) is 4.79 Å². The fraction of sp³-hybridized carbons (Fsp3) is 0.0800. The van der Waals surface area contributed by atoms with Crippen LogP contribution in [0.5, 0.6) is 0 Å². The molecule has 190 valence electrons. The monoisotopic (exact) mass is 551 g/mol. The summed E-state index contributed by atoms with van der Waals surface area (Å²) in [4.78, 5) is 50.0. The van der Waals surface area contributed by atoms with E-state index in [9.17, 15) is 29.8 Å². The second kappa shape index (κ2) is 10.7. The van der Waals surface area contributed by atoms with Gasteiger partial charge >= 0.3 is 5.97 Å². The van der Waals surface area contributed by atoms with Crippen molar-refractivity contribution < 1.29 is 24.0 Å². The van der Waals surface area contributed by atoms with E-state index in [1.807, 2.05) is 0 Å². The Bertz CT molecular complexity index is 1580. The SMILES string of the molecule is N#Cc1cc([N+](=O)[O-])ccc1NC(=O)/C(=N/N)[C@@H](C(=O)c1ccc(Cl)c(Cl)c1)[C@@H]1OC(=O)c2ccccc21. The predicted octanol–water partition coefficient (Wildman–Crippen LogP) is 4.44. The number of halogens is 2. The molecule has 13 heteroatoms. The molecule has 0 fully saturated rings. The fourth-order valence-electron chi connectivity index (χ4n) is 3.97. The zero-order valence-corrected chi connectivity index (χ0v) is 20.6. The highest BCUT2D eigenvalue weighted by Crippen LogP contribution is 2.39. The van der Waals surface area contributed by atoms with Crippen molar-refractivity contribution in [1.29, 1.82) is 5.26 Å². The van der Waals surface area contributed by atoms with Crippen LogP contribution in [-0.2, 0) is 9.53 Å². The molecule has 0 spiro atoms. The zero-order valence-electron chi connectivity index (χ0n) is 19.1. The second-order valence-electron chi connectivity index (χ2n) is 7.95. The molecule has 1 aliphatic heterocycles. The van der Waals surface area contributed by atoms with Gasteiger partial charge in [0.15, 0.2) is 5.78 Å². The Morgan fingerprint density at radius 1 is 1.13 bits per heavy atom. The van der Waals surface area contributed by atoms with Crippen LogP contribution in [0.15, 0.2) is 65.8 Å². The number of esters is 1. The van der Waals surface area contributed by atoms with Gasteiger partial charge < -0.3 is 15.9 Å². The van der Waals surface area contributed by atoms with Gasteiger partial charge in [-0.3, -0.25) is 19.7 Å². The molecule has 0 saturated heterocycles. The number of ether oxygens (including phenoxy) is 1. The average Bonchev–Trinajstić information content (AvgIpc) is 3.24. The largest absolute Gasteiger partial charge is 0.453 e. The molecule has 0 radical (unpaired) electrons. The van der Waals surface area contributed by atoms with E-state index in [4.69, 9.17) is 33.8 Å². The molecule has 0 aliphatic carbocycles. The number of nitrogens with one attached hydrogen (secondary N) is 1. The van der Waals surface area contributed by atoms with Crippen LogP contribution in [0, 0.1) is 27.4 Å². The van der Waals surface area contributed by atoms with Crippen molar-refractivity contribution in [3.63, 3.8) is 0 Å². The summed E-state index contributed by atoms with van der Waals surface area (Å²) >= 11 is 12.1. The number of hydrazone groups is 1. The number of benzene rings is 3. The molecular weight excluding hydrogens is 537 g/mol. The van der Waals surface area contributed by atoms with Crippen molar-refractivity contribution in [2.24, 2.45) is 16.9 Å². The molecule has 0 saturated carbocycles. The van der Waals surface area contributed by atoms with E-state index in [1.165, 1.54) is 24.3 Å². The number of carbonyl (C=O) groups excluding carboxylic acids is 3. The molecule has 1 amide bonds. The van der Waals surface area contributed by atoms with Crippen LogP contribution in [0.2, 0.25) is 10.0 Å². The van der Waals surface area contributed by atoms with E-state index in [0.717, 1.165) is 18.2 Å². The first-order valence-corrected chi connectivity index (χ1v) is 11.5. The number of hydrogen-bond acceptors (Lipinski definition) is 9. The Labute approximate surface area is 224 Å². The van der Waals surface area contributed by atoms with Crippen molar-refractivity contribution in [3.8, 4) is 6.07 Å². The van der Waals surface area contributed by atoms with Gasteiger partial charge in [-0.15, -0.1) is 0 Å². The number of nitrogens with two attached hydrogens (primary N) is 1. The number of fused-ring (bicyclic) bond motifs is 1. The van der Waals surface area contributed by atoms with Gasteiger partial charge in [-0.1, -0.05) is 41.4 Å². The highest BCUT2D eigenvalue weighted by molar-refractivity contribution is 6.48. The van der Waals surface area contributed by atoms with Gasteiger partial charge in [0.2, 0.25) is 0 Å². The average molecular weight is 552 g/mol. The second-order valence-corrected chi connectivity index (χ2v) is 8.77. The quantitative estimate of drug-likeness (QED) is 0.108. The van der Waals surface area contributed by atoms with Crippen molar-refractivity contribution in [2.75, 3.05) is 5.32 Å². The number of non-ortho nitro benzene ring substituents is 1. The van der Waals surface area contributed by atoms with Crippen molar-refractivity contribution in [1.82, 2.24) is 0 Å². The van der Waals surface area contributed by atoms with Crippen molar-refractivity contribution in [3.05, 3.63) is 103 Å². The van der Waals surface area contributed by atoms with E-state index in [0.29, 0.717) is 5.56 Å². The van der Waals surface area contributed by atoms with E-state index in [-0.39, 0.29) is 38.1 Å². The predicted molar refractivity (Wildman–Crippen MR) is 137 cm³/mol. The van der Waals surface area contributed by atoms with Gasteiger partial charge in [0.05, 0.1) is 31.8 Å². The molecule has 38 heavy (non-hydrogen) atoms. The summed E-state index contributed by atoms with van der Waals surface area (Å²) in [6, 6.07) is 15.3. The number of amides is 1. The van der Waals surface area contributed by atoms with Gasteiger partial charge in [0.1, 0.15) is 23.8 Å². The molecule has 1 heterocycles. The summed E-state index contributed by atoms with van der Waals surface area (Å²) in [6.45, 7) is 0. The van der Waals surface area contributed by atoms with Crippen LogP contribution in [0.3, 0.4) is 0 Å². The number of rotatable bonds is 7. The van der Waals surface area contributed by atoms with E-state index in [1.54, 1.807) is 24.3 Å². The number of cyclic esters (lactones) is 1. The lowest BCUT2D eigenvalue weighted by molar-refractivity contribution is -0.384. The molecule has 0 aromatic heterocycles. The van der Waals surface area contributed by atoms with E-state index in [2.05, 4.69) is 10.4 Å². The topological polar surface area (TPSA) is 178 Å². The van der Waals surface area contributed by atoms with Crippen LogP contribution >= 0.6 is 23.2 Å². The fourth-order valence-corrected chi connectivity index (χ4v) is 4.27. The number of nitrogens with zero attached hydrogens (tertiary/aromatic N) is 3. The third kappa shape index (κ3) is 4.90. The molecule has 2 atom stereocenters. The molecule has 11 nitrogen and oxygen atoms in total. The highest BCUT2D eigenvalue weighted by Gasteiger charge is 2.45. The number of anilines is 1. The number of nitriles is 1. The lowest BCUT2D eigenvalue weighted by Crippen LogP contribution is -2.39. The van der Waals surface area contributed by atoms with Gasteiger partial charge in [-0.05, 0) is 30.3 Å². The van der Waals surface area contributed by atoms with Gasteiger partial charge in [-0.2, -0.15) is 10.4 Å². The lowest BCUT2D eigenvalue weighted by atomic mass is 9.84. The summed E-state index contributed by atoms with van der Waals surface area (Å²) in [5, 5.41) is 26.7. The molecule has 0 bridgehead atoms. The molecule has 3 N–H and O–H groups in total. The Kier molecular flexibility index (Phi) is 7.38. The maximum absolute atomic E-state index is 13.8. The smallest absolute Gasteiger partial charge is 0.339 e. The van der Waals surface area contributed by atoms with Crippen molar-refractivity contribution >= 4 is 57.9 Å². The molecule has 4 rings (SSSR count). The minimum absolute atomic E-state index is 0.0341. The Morgan fingerprint density at radius 3 is 2.53 bits per heavy atom. The summed E-state index contributed by atoms with van der Waals surface area (Å²) in [6.07, 6.45) is -1.28. The first kappa shape index (κ1) is 26.3.